The van der Waals surface area contributed by atoms with Gasteiger partial charge in [-0.05, 0) is 43.6 Å². The summed E-state index contributed by atoms with van der Waals surface area (Å²) in [5.74, 6) is 2.03. The first-order valence-electron chi connectivity index (χ1n) is 12.4. The van der Waals surface area contributed by atoms with Crippen molar-refractivity contribution in [2.75, 3.05) is 0 Å². The largest absolute Gasteiger partial charge is 0.346 e. The van der Waals surface area contributed by atoms with Crippen LogP contribution in [0.15, 0.2) is 18.5 Å². The number of pyridine rings is 1. The third kappa shape index (κ3) is 4.47. The van der Waals surface area contributed by atoms with E-state index >= 15 is 0 Å². The second kappa shape index (κ2) is 9.52. The number of amidine groups is 1. The molecular weight excluding hydrogens is 414 g/mol. The monoisotopic (exact) mass is 447 g/mol. The molecule has 3 N–H and O–H groups in total. The number of nitrogens with zero attached hydrogens (tertiary/aromatic N) is 5. The third-order valence-electron chi connectivity index (χ3n) is 7.68. The van der Waals surface area contributed by atoms with Crippen molar-refractivity contribution >= 4 is 27.9 Å². The molecule has 3 heterocycles. The lowest BCUT2D eigenvalue weighted by Crippen LogP contribution is -2.30. The topological polar surface area (TPSA) is 118 Å². The molecular formula is C25H33N7O. The number of H-pyrrole nitrogens is 1. The van der Waals surface area contributed by atoms with E-state index < -0.39 is 0 Å². The summed E-state index contributed by atoms with van der Waals surface area (Å²) in [7, 11) is 0. The Hall–Kier alpha value is -2.92. The molecule has 8 nitrogen and oxygen atoms in total. The zero-order valence-electron chi connectivity index (χ0n) is 19.1. The summed E-state index contributed by atoms with van der Waals surface area (Å²) in [4.78, 5) is 12.6. The molecule has 0 unspecified atom stereocenters. The van der Waals surface area contributed by atoms with Crippen LogP contribution in [0.4, 0.5) is 0 Å². The minimum Gasteiger partial charge on any atom is -0.346 e. The highest BCUT2D eigenvalue weighted by Gasteiger charge is 2.28. The van der Waals surface area contributed by atoms with Gasteiger partial charge in [0.2, 0.25) is 0 Å². The average Bonchev–Trinajstić information content (AvgIpc) is 3.44. The fourth-order valence-electron chi connectivity index (χ4n) is 5.88. The summed E-state index contributed by atoms with van der Waals surface area (Å²) in [6.45, 7) is 0.199. The maximum Gasteiger partial charge on any atom is 0.139 e. The Labute approximate surface area is 194 Å². The molecule has 3 aromatic rings. The molecule has 2 fully saturated rings. The Morgan fingerprint density at radius 1 is 1.18 bits per heavy atom. The van der Waals surface area contributed by atoms with Crippen LogP contribution in [-0.2, 0) is 6.54 Å². The number of hydrogen-bond donors (Lipinski definition) is 3. The molecule has 8 heteroatoms. The van der Waals surface area contributed by atoms with Crippen LogP contribution in [0.3, 0.4) is 0 Å². The second-order valence-corrected chi connectivity index (χ2v) is 9.88. The first-order chi connectivity index (χ1) is 16.1. The van der Waals surface area contributed by atoms with Gasteiger partial charge in [0.05, 0.1) is 17.8 Å². The van der Waals surface area contributed by atoms with Crippen molar-refractivity contribution in [1.29, 1.82) is 10.7 Å². The maximum absolute atomic E-state index is 10.8. The van der Waals surface area contributed by atoms with Crippen molar-refractivity contribution < 1.29 is 5.21 Å². The Morgan fingerprint density at radius 3 is 2.73 bits per heavy atom. The maximum atomic E-state index is 10.8. The van der Waals surface area contributed by atoms with Gasteiger partial charge in [0.1, 0.15) is 29.4 Å². The van der Waals surface area contributed by atoms with Crippen LogP contribution in [0.1, 0.15) is 82.5 Å². The van der Waals surface area contributed by atoms with Gasteiger partial charge in [0, 0.05) is 30.5 Å². The van der Waals surface area contributed by atoms with Gasteiger partial charge >= 0.3 is 0 Å². The number of hydroxylamine groups is 2. The smallest absolute Gasteiger partial charge is 0.139 e. The molecule has 174 valence electrons. The van der Waals surface area contributed by atoms with E-state index in [4.69, 9.17) is 15.7 Å². The van der Waals surface area contributed by atoms with Crippen LogP contribution >= 0.6 is 0 Å². The van der Waals surface area contributed by atoms with Gasteiger partial charge in [-0.2, -0.15) is 5.26 Å². The minimum atomic E-state index is 0.199. The number of fused-ring (bicyclic) bond motifs is 3. The van der Waals surface area contributed by atoms with E-state index in [0.717, 1.165) is 71.5 Å². The third-order valence-corrected chi connectivity index (χ3v) is 7.68. The van der Waals surface area contributed by atoms with Crippen LogP contribution in [-0.4, -0.2) is 35.6 Å². The zero-order valence-corrected chi connectivity index (χ0v) is 19.1. The molecule has 2 aliphatic rings. The van der Waals surface area contributed by atoms with Gasteiger partial charge in [0.15, 0.2) is 0 Å². The summed E-state index contributed by atoms with van der Waals surface area (Å²) >= 11 is 0. The zero-order chi connectivity index (χ0) is 22.8. The Balaban J connectivity index is 1.43. The minimum absolute atomic E-state index is 0.199. The predicted molar refractivity (Wildman–Crippen MR) is 127 cm³/mol. The fraction of sp³-hybridized carbons (Fsp3) is 0.600. The molecule has 3 aromatic heterocycles. The molecule has 0 radical (unpaired) electrons. The lowest BCUT2D eigenvalue weighted by molar-refractivity contribution is -0.0306. The van der Waals surface area contributed by atoms with E-state index in [1.807, 2.05) is 12.3 Å². The van der Waals surface area contributed by atoms with Crippen molar-refractivity contribution in [1.82, 2.24) is 24.6 Å². The molecule has 2 aliphatic carbocycles. The summed E-state index contributed by atoms with van der Waals surface area (Å²) in [5.41, 5.74) is 2.70. The molecule has 0 amide bonds. The van der Waals surface area contributed by atoms with Crippen molar-refractivity contribution in [2.24, 2.45) is 11.8 Å². The van der Waals surface area contributed by atoms with Gasteiger partial charge in [-0.3, -0.25) is 10.6 Å². The number of nitrogens with one attached hydrogen (secondary N) is 2. The highest BCUT2D eigenvalue weighted by molar-refractivity contribution is 6.01. The van der Waals surface area contributed by atoms with Gasteiger partial charge in [0.25, 0.3) is 0 Å². The first-order valence-corrected chi connectivity index (χ1v) is 12.4. The van der Waals surface area contributed by atoms with Crippen LogP contribution in [0, 0.1) is 28.6 Å². The van der Waals surface area contributed by atoms with E-state index in [0.29, 0.717) is 24.7 Å². The van der Waals surface area contributed by atoms with Gasteiger partial charge < -0.3 is 9.55 Å². The van der Waals surface area contributed by atoms with E-state index in [1.165, 1.54) is 19.3 Å². The Bertz CT molecular complexity index is 1160. The lowest BCUT2D eigenvalue weighted by Gasteiger charge is -2.30. The summed E-state index contributed by atoms with van der Waals surface area (Å²) in [6.07, 6.45) is 15.0. The molecule has 2 saturated carbocycles. The molecule has 5 rings (SSSR count). The summed E-state index contributed by atoms with van der Waals surface area (Å²) in [6, 6.07) is 4.63. The highest BCUT2D eigenvalue weighted by Crippen LogP contribution is 2.38. The predicted octanol–water partition coefficient (Wildman–Crippen LogP) is 5.70. The number of aromatic nitrogens is 4. The lowest BCUT2D eigenvalue weighted by atomic mass is 9.84. The van der Waals surface area contributed by atoms with Gasteiger partial charge in [-0.25, -0.2) is 15.0 Å². The summed E-state index contributed by atoms with van der Waals surface area (Å²) < 4.78 is 2.28. The van der Waals surface area contributed by atoms with E-state index in [-0.39, 0.29) is 18.4 Å². The van der Waals surface area contributed by atoms with Crippen LogP contribution in [0.2, 0.25) is 0 Å². The van der Waals surface area contributed by atoms with E-state index in [9.17, 15) is 5.21 Å². The molecule has 0 aliphatic heterocycles. The van der Waals surface area contributed by atoms with Crippen LogP contribution in [0.25, 0.3) is 22.1 Å². The number of rotatable bonds is 6. The Kier molecular flexibility index (Phi) is 6.32. The van der Waals surface area contributed by atoms with Crippen molar-refractivity contribution in [3.8, 4) is 6.07 Å². The second-order valence-electron chi connectivity index (χ2n) is 9.88. The molecule has 33 heavy (non-hydrogen) atoms. The SMILES string of the molecule is N#CC[C@H]1CC[C@H](n2c(CN(O)C(=N)CC3CCCCC3)nc3cnc4[nH]ccc4c32)CC1. The van der Waals surface area contributed by atoms with Crippen molar-refractivity contribution in [3.05, 3.63) is 24.3 Å². The summed E-state index contributed by atoms with van der Waals surface area (Å²) in [5, 5.41) is 30.5. The number of nitriles is 1. The first kappa shape index (κ1) is 21.9. The van der Waals surface area contributed by atoms with Crippen LogP contribution in [0.5, 0.6) is 0 Å². The normalized spacial score (nSPS) is 21.9. The van der Waals surface area contributed by atoms with Crippen LogP contribution < -0.4 is 0 Å². The molecule has 0 saturated heterocycles. The highest BCUT2D eigenvalue weighted by atomic mass is 16.5. The van der Waals surface area contributed by atoms with Crippen molar-refractivity contribution in [3.63, 3.8) is 0 Å². The molecule has 0 atom stereocenters. The standard InChI is InChI=1S/C25H33N7O/c26-12-10-17-6-8-19(9-7-17)32-23(16-31(33)22(27)14-18-4-2-1-3-5-18)30-21-15-29-25-20(24(21)32)11-13-28-25/h11,13,15,17-19,27,33H,1-10,14,16H2,(H,28,29)/t17-,19-. The number of imidazole rings is 1. The number of aromatic amines is 1. The van der Waals surface area contributed by atoms with Crippen molar-refractivity contribution in [2.45, 2.75) is 83.2 Å². The van der Waals surface area contributed by atoms with E-state index in [2.05, 4.69) is 20.6 Å². The number of hydrogen-bond acceptors (Lipinski definition) is 5. The fourth-order valence-corrected chi connectivity index (χ4v) is 5.88. The quantitative estimate of drug-likeness (QED) is 0.255. The van der Waals surface area contributed by atoms with Gasteiger partial charge in [-0.15, -0.1) is 0 Å². The van der Waals surface area contributed by atoms with Gasteiger partial charge in [-0.1, -0.05) is 32.1 Å². The average molecular weight is 448 g/mol. The Morgan fingerprint density at radius 2 is 1.97 bits per heavy atom. The molecule has 0 bridgehead atoms. The molecule has 0 spiro atoms. The van der Waals surface area contributed by atoms with E-state index in [1.54, 1.807) is 6.20 Å². The molecule has 0 aromatic carbocycles.